The van der Waals surface area contributed by atoms with E-state index in [1.807, 2.05) is 0 Å². The number of anilines is 1. The zero-order valence-electron chi connectivity index (χ0n) is 13.8. The summed E-state index contributed by atoms with van der Waals surface area (Å²) in [6, 6.07) is 6.85. The number of amides is 1. The number of benzene rings is 1. The number of hydrogen-bond acceptors (Lipinski definition) is 3. The number of unbranched alkanes of at least 4 members (excludes halogenated alkanes) is 1. The Hall–Kier alpha value is -1.55. The molecule has 0 atom stereocenters. The van der Waals surface area contributed by atoms with Crippen molar-refractivity contribution in [3.05, 3.63) is 29.3 Å². The van der Waals surface area contributed by atoms with E-state index in [1.54, 1.807) is 0 Å². The van der Waals surface area contributed by atoms with Crippen LogP contribution in [0.3, 0.4) is 0 Å². The third kappa shape index (κ3) is 6.17. The van der Waals surface area contributed by atoms with Gasteiger partial charge in [-0.2, -0.15) is 0 Å². The van der Waals surface area contributed by atoms with Crippen LogP contribution in [-0.4, -0.2) is 25.0 Å². The van der Waals surface area contributed by atoms with Gasteiger partial charge in [-0.3, -0.25) is 4.79 Å². The molecule has 0 radical (unpaired) electrons. The van der Waals surface area contributed by atoms with Gasteiger partial charge in [0.2, 0.25) is 5.91 Å². The molecule has 0 aromatic heterocycles. The first-order chi connectivity index (χ1) is 9.93. The van der Waals surface area contributed by atoms with Crippen LogP contribution in [-0.2, 0) is 11.3 Å². The average Bonchev–Trinajstić information content (AvgIpc) is 2.41. The molecule has 21 heavy (non-hydrogen) atoms. The summed E-state index contributed by atoms with van der Waals surface area (Å²) in [5.74, 6) is -0.283. The molecule has 118 valence electrons. The lowest BCUT2D eigenvalue weighted by molar-refractivity contribution is -0.116. The van der Waals surface area contributed by atoms with Crippen LogP contribution in [0.1, 0.15) is 44.7 Å². The minimum absolute atomic E-state index is 0.281. The van der Waals surface area contributed by atoms with Crippen molar-refractivity contribution in [1.29, 1.82) is 0 Å². The second-order valence-corrected chi connectivity index (χ2v) is 5.89. The zero-order chi connectivity index (χ0) is 15.8. The van der Waals surface area contributed by atoms with Gasteiger partial charge in [-0.05, 0) is 36.6 Å². The molecule has 4 heteroatoms. The molecule has 1 aromatic carbocycles. The molecule has 0 aliphatic carbocycles. The number of nitrogens with two attached hydrogens (primary N) is 1. The first-order valence-electron chi connectivity index (χ1n) is 7.80. The number of rotatable bonds is 9. The topological polar surface area (TPSA) is 58.4 Å². The summed E-state index contributed by atoms with van der Waals surface area (Å²) in [6.07, 6.45) is 2.16. The summed E-state index contributed by atoms with van der Waals surface area (Å²) < 4.78 is 0. The highest BCUT2D eigenvalue weighted by Gasteiger charge is 2.10. The SMILES string of the molecule is CCCCN(CC(N)=O)c1ccc(CNC(C)C)c(C)c1. The lowest BCUT2D eigenvalue weighted by atomic mass is 10.1. The fraction of sp³-hybridized carbons (Fsp3) is 0.588. The molecule has 1 rings (SSSR count). The van der Waals surface area contributed by atoms with E-state index in [4.69, 9.17) is 5.73 Å². The number of nitrogens with zero attached hydrogens (tertiary/aromatic N) is 1. The number of aryl methyl sites for hydroxylation is 1. The van der Waals surface area contributed by atoms with Gasteiger partial charge in [0.1, 0.15) is 0 Å². The van der Waals surface area contributed by atoms with Gasteiger partial charge in [-0.15, -0.1) is 0 Å². The van der Waals surface area contributed by atoms with Gasteiger partial charge < -0.3 is 16.0 Å². The van der Waals surface area contributed by atoms with E-state index in [0.29, 0.717) is 6.04 Å². The third-order valence-electron chi connectivity index (χ3n) is 3.52. The van der Waals surface area contributed by atoms with Crippen molar-refractivity contribution < 1.29 is 4.79 Å². The Balaban J connectivity index is 2.84. The summed E-state index contributed by atoms with van der Waals surface area (Å²) in [5.41, 5.74) is 8.97. The van der Waals surface area contributed by atoms with Crippen LogP contribution in [0.5, 0.6) is 0 Å². The highest BCUT2D eigenvalue weighted by molar-refractivity contribution is 5.79. The van der Waals surface area contributed by atoms with Crippen LogP contribution in [0.2, 0.25) is 0 Å². The molecule has 0 saturated carbocycles. The molecule has 0 spiro atoms. The molecule has 0 saturated heterocycles. The fourth-order valence-electron chi connectivity index (χ4n) is 2.23. The van der Waals surface area contributed by atoms with Crippen LogP contribution in [0.4, 0.5) is 5.69 Å². The van der Waals surface area contributed by atoms with E-state index < -0.39 is 0 Å². The molecule has 3 N–H and O–H groups in total. The van der Waals surface area contributed by atoms with E-state index >= 15 is 0 Å². The van der Waals surface area contributed by atoms with Gasteiger partial charge in [0.25, 0.3) is 0 Å². The maximum atomic E-state index is 11.2. The van der Waals surface area contributed by atoms with E-state index in [1.165, 1.54) is 11.1 Å². The number of primary amides is 1. The Bertz CT molecular complexity index is 457. The van der Waals surface area contributed by atoms with Gasteiger partial charge >= 0.3 is 0 Å². The monoisotopic (exact) mass is 291 g/mol. The number of carbonyl (C=O) groups is 1. The smallest absolute Gasteiger partial charge is 0.236 e. The maximum absolute atomic E-state index is 11.2. The predicted octanol–water partition coefficient (Wildman–Crippen LogP) is 2.58. The average molecular weight is 291 g/mol. The number of nitrogens with one attached hydrogen (secondary N) is 1. The maximum Gasteiger partial charge on any atom is 0.236 e. The molecule has 0 fully saturated rings. The predicted molar refractivity (Wildman–Crippen MR) is 89.5 cm³/mol. The minimum Gasteiger partial charge on any atom is -0.368 e. The second-order valence-electron chi connectivity index (χ2n) is 5.89. The van der Waals surface area contributed by atoms with Gasteiger partial charge in [-0.25, -0.2) is 0 Å². The Morgan fingerprint density at radius 1 is 1.38 bits per heavy atom. The summed E-state index contributed by atoms with van der Waals surface area (Å²) in [6.45, 7) is 10.6. The molecular formula is C17H29N3O. The lowest BCUT2D eigenvalue weighted by Gasteiger charge is -2.24. The second kappa shape index (κ2) is 8.67. The third-order valence-corrected chi connectivity index (χ3v) is 3.52. The largest absolute Gasteiger partial charge is 0.368 e. The van der Waals surface area contributed by atoms with Crippen LogP contribution in [0.15, 0.2) is 18.2 Å². The summed E-state index contributed by atoms with van der Waals surface area (Å²) in [7, 11) is 0. The van der Waals surface area contributed by atoms with E-state index in [0.717, 1.165) is 31.6 Å². The quantitative estimate of drug-likeness (QED) is 0.735. The molecule has 0 unspecified atom stereocenters. The van der Waals surface area contributed by atoms with Crippen LogP contribution >= 0.6 is 0 Å². The standard InChI is InChI=1S/C17H29N3O/c1-5-6-9-20(12-17(18)21)16-8-7-15(14(4)10-16)11-19-13(2)3/h7-8,10,13,19H,5-6,9,11-12H2,1-4H3,(H2,18,21). The van der Waals surface area contributed by atoms with Crippen molar-refractivity contribution in [3.8, 4) is 0 Å². The molecule has 4 nitrogen and oxygen atoms in total. The Morgan fingerprint density at radius 2 is 2.10 bits per heavy atom. The molecule has 0 heterocycles. The fourth-order valence-corrected chi connectivity index (χ4v) is 2.23. The first-order valence-corrected chi connectivity index (χ1v) is 7.80. The van der Waals surface area contributed by atoms with Crippen molar-refractivity contribution in [2.24, 2.45) is 5.73 Å². The first kappa shape index (κ1) is 17.5. The van der Waals surface area contributed by atoms with Crippen molar-refractivity contribution in [2.45, 2.75) is 53.1 Å². The van der Waals surface area contributed by atoms with Crippen molar-refractivity contribution in [3.63, 3.8) is 0 Å². The molecule has 0 bridgehead atoms. The number of carbonyl (C=O) groups excluding carboxylic acids is 1. The molecule has 0 aliphatic heterocycles. The minimum atomic E-state index is -0.283. The number of hydrogen-bond donors (Lipinski definition) is 2. The summed E-state index contributed by atoms with van der Waals surface area (Å²) in [5, 5.41) is 3.43. The summed E-state index contributed by atoms with van der Waals surface area (Å²) >= 11 is 0. The van der Waals surface area contributed by atoms with Crippen LogP contribution in [0, 0.1) is 6.92 Å². The van der Waals surface area contributed by atoms with Gasteiger partial charge in [-0.1, -0.05) is 33.3 Å². The molecule has 0 aliphatic rings. The normalized spacial score (nSPS) is 10.9. The molecule has 1 aromatic rings. The summed E-state index contributed by atoms with van der Waals surface area (Å²) in [4.78, 5) is 13.3. The Kier molecular flexibility index (Phi) is 7.23. The molecular weight excluding hydrogens is 262 g/mol. The Morgan fingerprint density at radius 3 is 2.62 bits per heavy atom. The zero-order valence-corrected chi connectivity index (χ0v) is 13.8. The van der Waals surface area contributed by atoms with Crippen LogP contribution < -0.4 is 16.0 Å². The Labute approximate surface area is 128 Å². The van der Waals surface area contributed by atoms with Gasteiger partial charge in [0.05, 0.1) is 6.54 Å². The van der Waals surface area contributed by atoms with Crippen molar-refractivity contribution in [1.82, 2.24) is 5.32 Å². The van der Waals surface area contributed by atoms with Crippen LogP contribution in [0.25, 0.3) is 0 Å². The van der Waals surface area contributed by atoms with Gasteiger partial charge in [0, 0.05) is 24.8 Å². The highest BCUT2D eigenvalue weighted by atomic mass is 16.1. The van der Waals surface area contributed by atoms with E-state index in [9.17, 15) is 4.79 Å². The van der Waals surface area contributed by atoms with Crippen molar-refractivity contribution >= 4 is 11.6 Å². The lowest BCUT2D eigenvalue weighted by Crippen LogP contribution is -2.34. The molecule has 1 amide bonds. The van der Waals surface area contributed by atoms with Gasteiger partial charge in [0.15, 0.2) is 0 Å². The van der Waals surface area contributed by atoms with Crippen molar-refractivity contribution in [2.75, 3.05) is 18.0 Å². The highest BCUT2D eigenvalue weighted by Crippen LogP contribution is 2.20. The van der Waals surface area contributed by atoms with E-state index in [-0.39, 0.29) is 12.5 Å². The van der Waals surface area contributed by atoms with E-state index in [2.05, 4.69) is 56.1 Å².